The van der Waals surface area contributed by atoms with Gasteiger partial charge >= 0.3 is 5.97 Å². The second-order valence-electron chi connectivity index (χ2n) is 4.14. The monoisotopic (exact) mass is 326 g/mol. The van der Waals surface area contributed by atoms with E-state index in [0.29, 0.717) is 23.1 Å². The number of rotatable bonds is 5. The molecule has 7 heteroatoms. The molecule has 0 aliphatic rings. The number of carboxylic acid groups (broad SMARTS) is 1. The van der Waals surface area contributed by atoms with E-state index in [-0.39, 0.29) is 10.7 Å². The molecule has 0 saturated carbocycles. The summed E-state index contributed by atoms with van der Waals surface area (Å²) < 4.78 is 5.24. The molecule has 2 N–H and O–H groups in total. The van der Waals surface area contributed by atoms with E-state index in [1.807, 2.05) is 0 Å². The third kappa shape index (κ3) is 3.77. The molecule has 0 radical (unpaired) electrons. The van der Waals surface area contributed by atoms with E-state index in [0.717, 1.165) is 5.56 Å². The number of halogens is 2. The zero-order chi connectivity index (χ0) is 15.4. The van der Waals surface area contributed by atoms with Gasteiger partial charge in [-0.05, 0) is 24.3 Å². The molecule has 0 aliphatic heterocycles. The van der Waals surface area contributed by atoms with E-state index in [1.54, 1.807) is 25.3 Å². The van der Waals surface area contributed by atoms with E-state index < -0.39 is 5.97 Å². The van der Waals surface area contributed by atoms with Crippen LogP contribution in [0.15, 0.2) is 30.3 Å². The highest BCUT2D eigenvalue weighted by Crippen LogP contribution is 2.27. The maximum atomic E-state index is 11.0. The van der Waals surface area contributed by atoms with Crippen molar-refractivity contribution >= 4 is 35.0 Å². The fourth-order valence-corrected chi connectivity index (χ4v) is 2.23. The van der Waals surface area contributed by atoms with Crippen molar-refractivity contribution in [2.45, 2.75) is 6.54 Å². The Morgan fingerprint density at radius 3 is 2.81 bits per heavy atom. The Labute approximate surface area is 131 Å². The summed E-state index contributed by atoms with van der Waals surface area (Å²) in [6.07, 6.45) is 0. The van der Waals surface area contributed by atoms with Crippen molar-refractivity contribution in [3.05, 3.63) is 51.6 Å². The molecule has 5 nitrogen and oxygen atoms in total. The van der Waals surface area contributed by atoms with Gasteiger partial charge in [0.25, 0.3) is 0 Å². The molecule has 2 aromatic rings. The maximum absolute atomic E-state index is 11.0. The third-order valence-electron chi connectivity index (χ3n) is 2.78. The number of aromatic nitrogens is 1. The van der Waals surface area contributed by atoms with Crippen LogP contribution in [0.3, 0.4) is 0 Å². The number of nitrogens with one attached hydrogen (secondary N) is 1. The number of benzene rings is 1. The van der Waals surface area contributed by atoms with Crippen LogP contribution in [0, 0.1) is 0 Å². The first kappa shape index (κ1) is 15.4. The molecule has 2 rings (SSSR count). The molecule has 0 atom stereocenters. The Hall–Kier alpha value is -1.98. The van der Waals surface area contributed by atoms with Crippen molar-refractivity contribution in [1.29, 1.82) is 0 Å². The van der Waals surface area contributed by atoms with Crippen LogP contribution < -0.4 is 10.1 Å². The molecular weight excluding hydrogens is 315 g/mol. The Balaban J connectivity index is 2.23. The molecule has 21 heavy (non-hydrogen) atoms. The normalized spacial score (nSPS) is 10.2. The first-order chi connectivity index (χ1) is 10.0. The highest BCUT2D eigenvalue weighted by atomic mass is 35.5. The van der Waals surface area contributed by atoms with Gasteiger partial charge < -0.3 is 15.2 Å². The highest BCUT2D eigenvalue weighted by Gasteiger charge is 2.10. The van der Waals surface area contributed by atoms with E-state index in [2.05, 4.69) is 10.3 Å². The number of pyridine rings is 1. The fraction of sp³-hybridized carbons (Fsp3) is 0.143. The summed E-state index contributed by atoms with van der Waals surface area (Å²) in [6, 6.07) is 8.00. The zero-order valence-corrected chi connectivity index (χ0v) is 12.6. The highest BCUT2D eigenvalue weighted by molar-refractivity contribution is 6.31. The lowest BCUT2D eigenvalue weighted by atomic mass is 10.2. The number of ether oxygens (including phenoxy) is 1. The second-order valence-corrected chi connectivity index (χ2v) is 4.94. The number of nitrogens with zero attached hydrogens (tertiary/aromatic N) is 1. The predicted molar refractivity (Wildman–Crippen MR) is 81.5 cm³/mol. The van der Waals surface area contributed by atoms with E-state index in [9.17, 15) is 4.79 Å². The first-order valence-electron chi connectivity index (χ1n) is 5.97. The molecular formula is C14H12Cl2N2O3. The number of anilines is 1. The molecule has 110 valence electrons. The van der Waals surface area contributed by atoms with Crippen LogP contribution in [-0.4, -0.2) is 23.2 Å². The van der Waals surface area contributed by atoms with Crippen molar-refractivity contribution in [3.8, 4) is 5.75 Å². The summed E-state index contributed by atoms with van der Waals surface area (Å²) >= 11 is 11.9. The molecule has 0 unspecified atom stereocenters. The van der Waals surface area contributed by atoms with Crippen LogP contribution in [0.25, 0.3) is 0 Å². The van der Waals surface area contributed by atoms with Gasteiger partial charge in [0.1, 0.15) is 16.7 Å². The summed E-state index contributed by atoms with van der Waals surface area (Å²) in [7, 11) is 1.55. The quantitative estimate of drug-likeness (QED) is 0.819. The van der Waals surface area contributed by atoms with Crippen LogP contribution in [0.2, 0.25) is 10.2 Å². The van der Waals surface area contributed by atoms with Crippen LogP contribution in [-0.2, 0) is 6.54 Å². The summed E-state index contributed by atoms with van der Waals surface area (Å²) in [5, 5.41) is 12.6. The van der Waals surface area contributed by atoms with Crippen molar-refractivity contribution in [2.24, 2.45) is 0 Å². The molecule has 0 aliphatic carbocycles. The van der Waals surface area contributed by atoms with Gasteiger partial charge in [0.2, 0.25) is 0 Å². The standard InChI is InChI=1S/C14H12Cl2N2O3/c1-21-11-4-2-3-10(15)9(11)7-17-13-6-8(14(19)20)5-12(16)18-13/h2-6H,7H2,1H3,(H,17,18)(H,19,20). The molecule has 0 bridgehead atoms. The molecule has 1 heterocycles. The Morgan fingerprint density at radius 2 is 2.14 bits per heavy atom. The van der Waals surface area contributed by atoms with E-state index in [4.69, 9.17) is 33.0 Å². The SMILES string of the molecule is COc1cccc(Cl)c1CNc1cc(C(=O)O)cc(Cl)n1. The van der Waals surface area contributed by atoms with Gasteiger partial charge in [-0.3, -0.25) is 0 Å². The van der Waals surface area contributed by atoms with Gasteiger partial charge in [-0.2, -0.15) is 0 Å². The average molecular weight is 327 g/mol. The third-order valence-corrected chi connectivity index (χ3v) is 3.33. The van der Waals surface area contributed by atoms with Crippen LogP contribution in [0.4, 0.5) is 5.82 Å². The maximum Gasteiger partial charge on any atom is 0.335 e. The minimum Gasteiger partial charge on any atom is -0.496 e. The van der Waals surface area contributed by atoms with Gasteiger partial charge in [0, 0.05) is 17.1 Å². The van der Waals surface area contributed by atoms with Crippen LogP contribution in [0.1, 0.15) is 15.9 Å². The second kappa shape index (κ2) is 6.65. The topological polar surface area (TPSA) is 71.5 Å². The number of aromatic carboxylic acids is 1. The molecule has 0 fully saturated rings. The Bertz CT molecular complexity index is 677. The summed E-state index contributed by atoms with van der Waals surface area (Å²) in [6.45, 7) is 0.329. The lowest BCUT2D eigenvalue weighted by Gasteiger charge is -2.12. The van der Waals surface area contributed by atoms with E-state index >= 15 is 0 Å². The van der Waals surface area contributed by atoms with Gasteiger partial charge in [0.05, 0.1) is 12.7 Å². The number of hydrogen-bond acceptors (Lipinski definition) is 4. The molecule has 0 spiro atoms. The first-order valence-corrected chi connectivity index (χ1v) is 6.73. The molecule has 0 amide bonds. The minimum absolute atomic E-state index is 0.0589. The average Bonchev–Trinajstić information content (AvgIpc) is 2.45. The number of hydrogen-bond donors (Lipinski definition) is 2. The number of carbonyl (C=O) groups is 1. The van der Waals surface area contributed by atoms with Crippen molar-refractivity contribution in [3.63, 3.8) is 0 Å². The smallest absolute Gasteiger partial charge is 0.335 e. The van der Waals surface area contributed by atoms with Crippen LogP contribution in [0.5, 0.6) is 5.75 Å². The predicted octanol–water partition coefficient (Wildman–Crippen LogP) is 3.71. The largest absolute Gasteiger partial charge is 0.496 e. The van der Waals surface area contributed by atoms with Crippen molar-refractivity contribution in [2.75, 3.05) is 12.4 Å². The lowest BCUT2D eigenvalue weighted by molar-refractivity contribution is 0.0697. The minimum atomic E-state index is -1.07. The Kier molecular flexibility index (Phi) is 4.88. The van der Waals surface area contributed by atoms with Gasteiger partial charge in [-0.25, -0.2) is 9.78 Å². The summed E-state index contributed by atoms with van der Waals surface area (Å²) in [5.41, 5.74) is 0.809. The molecule has 1 aromatic carbocycles. The fourth-order valence-electron chi connectivity index (χ4n) is 1.79. The van der Waals surface area contributed by atoms with Crippen LogP contribution >= 0.6 is 23.2 Å². The molecule has 0 saturated heterocycles. The van der Waals surface area contributed by atoms with E-state index in [1.165, 1.54) is 12.1 Å². The van der Waals surface area contributed by atoms with Gasteiger partial charge in [0.15, 0.2) is 0 Å². The van der Waals surface area contributed by atoms with Gasteiger partial charge in [-0.15, -0.1) is 0 Å². The van der Waals surface area contributed by atoms with Crippen molar-refractivity contribution < 1.29 is 14.6 Å². The molecule has 1 aromatic heterocycles. The van der Waals surface area contributed by atoms with Gasteiger partial charge in [-0.1, -0.05) is 29.3 Å². The lowest BCUT2D eigenvalue weighted by Crippen LogP contribution is -2.06. The summed E-state index contributed by atoms with van der Waals surface area (Å²) in [4.78, 5) is 15.0. The Morgan fingerprint density at radius 1 is 1.38 bits per heavy atom. The number of carboxylic acids is 1. The van der Waals surface area contributed by atoms with Crippen molar-refractivity contribution in [1.82, 2.24) is 4.98 Å². The zero-order valence-electron chi connectivity index (χ0n) is 11.1. The summed E-state index contributed by atoms with van der Waals surface area (Å²) in [5.74, 6) is -0.0879. The number of methoxy groups -OCH3 is 1.